The summed E-state index contributed by atoms with van der Waals surface area (Å²) >= 11 is 6.27. The smallest absolute Gasteiger partial charge is 0.253 e. The molecule has 3 aliphatic heterocycles. The number of carbonyl (C=O) groups is 1. The van der Waals surface area contributed by atoms with E-state index in [0.717, 1.165) is 5.56 Å². The van der Waals surface area contributed by atoms with E-state index in [1.54, 1.807) is 12.1 Å². The summed E-state index contributed by atoms with van der Waals surface area (Å²) in [5, 5.41) is 64.8. The number of aliphatic hydroxyl groups excluding tert-OH is 5. The molecule has 0 spiro atoms. The van der Waals surface area contributed by atoms with Crippen LogP contribution in [0.15, 0.2) is 48.5 Å². The Morgan fingerprint density at radius 1 is 1.00 bits per heavy atom. The fourth-order valence-electron chi connectivity index (χ4n) is 5.46. The van der Waals surface area contributed by atoms with Gasteiger partial charge in [0, 0.05) is 17.5 Å². The maximum Gasteiger partial charge on any atom is 0.253 e. The number of fused-ring (bicyclic) bond motifs is 1. The molecule has 46 heavy (non-hydrogen) atoms. The van der Waals surface area contributed by atoms with Gasteiger partial charge in [-0.1, -0.05) is 41.9 Å². The first-order valence-corrected chi connectivity index (χ1v) is 15.3. The van der Waals surface area contributed by atoms with Gasteiger partial charge in [-0.05, 0) is 31.0 Å². The second kappa shape index (κ2) is 15.8. The average molecular weight is 665 g/mol. The molecule has 3 aliphatic rings. The first-order valence-electron chi connectivity index (χ1n) is 14.9. The SMILES string of the molecule is N#CCCCCOc1ccc(C(=O)N[C@H]2O[C@H](CO)[C@@H](O[C@H]3O[C@@H]4COC(c5ccccc5)O[C@H]4[C@H](O)[C@H]3O)[C@H](O)[C@H]2O)cc1Cl. The summed E-state index contributed by atoms with van der Waals surface area (Å²) in [4.78, 5) is 13.0. The number of nitriles is 1. The van der Waals surface area contributed by atoms with Gasteiger partial charge in [-0.3, -0.25) is 4.79 Å². The second-order valence-electron chi connectivity index (χ2n) is 11.1. The molecule has 3 fully saturated rings. The predicted molar refractivity (Wildman–Crippen MR) is 157 cm³/mol. The van der Waals surface area contributed by atoms with Gasteiger partial charge in [-0.15, -0.1) is 0 Å². The molecule has 0 aliphatic carbocycles. The van der Waals surface area contributed by atoms with Crippen molar-refractivity contribution in [1.29, 1.82) is 5.26 Å². The highest BCUT2D eigenvalue weighted by Gasteiger charge is 2.53. The molecule has 5 rings (SSSR count). The lowest BCUT2D eigenvalue weighted by atomic mass is 9.96. The van der Waals surface area contributed by atoms with Crippen molar-refractivity contribution in [2.75, 3.05) is 19.8 Å². The van der Waals surface area contributed by atoms with Crippen molar-refractivity contribution < 1.29 is 58.7 Å². The van der Waals surface area contributed by atoms with Crippen LogP contribution in [0.3, 0.4) is 0 Å². The zero-order valence-electron chi connectivity index (χ0n) is 24.6. The third kappa shape index (κ3) is 7.79. The van der Waals surface area contributed by atoms with E-state index in [9.17, 15) is 30.3 Å². The molecule has 2 aromatic carbocycles. The lowest BCUT2D eigenvalue weighted by molar-refractivity contribution is -0.379. The summed E-state index contributed by atoms with van der Waals surface area (Å²) in [6.45, 7) is -0.356. The number of ether oxygens (including phenoxy) is 6. The first kappa shape index (κ1) is 34.4. The fraction of sp³-hybridized carbons (Fsp3) is 0.548. The quantitative estimate of drug-likeness (QED) is 0.181. The lowest BCUT2D eigenvalue weighted by Crippen LogP contribution is -2.67. The predicted octanol–water partition coefficient (Wildman–Crippen LogP) is 0.528. The van der Waals surface area contributed by atoms with Gasteiger partial charge in [0.2, 0.25) is 0 Å². The van der Waals surface area contributed by atoms with Crippen LogP contribution in [0.25, 0.3) is 0 Å². The molecule has 250 valence electrons. The van der Waals surface area contributed by atoms with Crippen molar-refractivity contribution >= 4 is 17.5 Å². The topological polar surface area (TPSA) is 209 Å². The minimum Gasteiger partial charge on any atom is -0.492 e. The molecule has 1 unspecified atom stereocenters. The Kier molecular flexibility index (Phi) is 11.8. The molecular weight excluding hydrogens is 628 g/mol. The molecule has 3 saturated heterocycles. The monoisotopic (exact) mass is 664 g/mol. The van der Waals surface area contributed by atoms with Crippen molar-refractivity contribution in [3.05, 3.63) is 64.7 Å². The minimum absolute atomic E-state index is 0.00277. The number of carbonyl (C=O) groups excluding carboxylic acids is 1. The Labute approximate surface area is 269 Å². The van der Waals surface area contributed by atoms with Crippen LogP contribution in [-0.4, -0.2) is 113 Å². The molecule has 2 aromatic rings. The first-order chi connectivity index (χ1) is 22.2. The molecular formula is C31H37ClN2O12. The van der Waals surface area contributed by atoms with Gasteiger partial charge in [0.15, 0.2) is 18.8 Å². The van der Waals surface area contributed by atoms with Crippen LogP contribution in [0.4, 0.5) is 0 Å². The number of halogens is 1. The van der Waals surface area contributed by atoms with Crippen LogP contribution in [0.2, 0.25) is 5.02 Å². The molecule has 1 amide bonds. The van der Waals surface area contributed by atoms with E-state index in [2.05, 4.69) is 11.4 Å². The third-order valence-electron chi connectivity index (χ3n) is 7.97. The molecule has 14 nitrogen and oxygen atoms in total. The number of rotatable bonds is 11. The van der Waals surface area contributed by atoms with E-state index < -0.39 is 80.2 Å². The number of nitrogens with one attached hydrogen (secondary N) is 1. The van der Waals surface area contributed by atoms with E-state index in [4.69, 9.17) is 45.3 Å². The van der Waals surface area contributed by atoms with E-state index in [1.165, 1.54) is 18.2 Å². The number of hydrogen-bond acceptors (Lipinski definition) is 13. The summed E-state index contributed by atoms with van der Waals surface area (Å²) in [6, 6.07) is 15.4. The lowest BCUT2D eigenvalue weighted by Gasteiger charge is -2.48. The van der Waals surface area contributed by atoms with Gasteiger partial charge < -0.3 is 59.3 Å². The molecule has 3 heterocycles. The zero-order chi connectivity index (χ0) is 32.8. The Bertz CT molecular complexity index is 1340. The van der Waals surface area contributed by atoms with Crippen molar-refractivity contribution in [2.45, 2.75) is 86.9 Å². The largest absolute Gasteiger partial charge is 0.492 e. The summed E-state index contributed by atoms with van der Waals surface area (Å²) in [7, 11) is 0. The Morgan fingerprint density at radius 2 is 1.78 bits per heavy atom. The van der Waals surface area contributed by atoms with Crippen molar-refractivity contribution in [2.24, 2.45) is 0 Å². The van der Waals surface area contributed by atoms with Crippen LogP contribution in [0, 0.1) is 11.3 Å². The summed E-state index contributed by atoms with van der Waals surface area (Å²) in [6.07, 6.45) is -13.0. The summed E-state index contributed by atoms with van der Waals surface area (Å²) < 4.78 is 34.5. The number of amides is 1. The average Bonchev–Trinajstić information content (AvgIpc) is 3.07. The van der Waals surface area contributed by atoms with Crippen LogP contribution < -0.4 is 10.1 Å². The maximum atomic E-state index is 13.0. The standard InChI is InChI=1S/C31H37ClN2O12/c32-18-13-17(9-10-19(18)41-12-6-2-5-11-33)28(40)34-29-24(38)22(36)26(20(14-35)43-29)46-31-25(39)23(37)27-21(44-31)15-42-30(45-27)16-7-3-1-4-8-16/h1,3-4,7-10,13,20-27,29-31,35-39H,2,5-6,12,14-15H2,(H,34,40)/t20-,21-,22-,23-,24-,25-,26-,27-,29+,30?,31-/m1/s1. The molecule has 0 bridgehead atoms. The van der Waals surface area contributed by atoms with Crippen LogP contribution in [0.1, 0.15) is 41.5 Å². The van der Waals surface area contributed by atoms with Gasteiger partial charge >= 0.3 is 0 Å². The van der Waals surface area contributed by atoms with E-state index in [1.807, 2.05) is 18.2 Å². The van der Waals surface area contributed by atoms with E-state index >= 15 is 0 Å². The summed E-state index contributed by atoms with van der Waals surface area (Å²) in [5.74, 6) is -0.341. The van der Waals surface area contributed by atoms with Crippen molar-refractivity contribution in [3.63, 3.8) is 0 Å². The minimum atomic E-state index is -1.73. The normalized spacial score (nSPS) is 34.2. The molecule has 15 heteroatoms. The Morgan fingerprint density at radius 3 is 2.50 bits per heavy atom. The van der Waals surface area contributed by atoms with Crippen LogP contribution in [-0.2, 0) is 23.7 Å². The number of aliphatic hydroxyl groups is 5. The van der Waals surface area contributed by atoms with Crippen LogP contribution >= 0.6 is 11.6 Å². The second-order valence-corrected chi connectivity index (χ2v) is 11.5. The Balaban J connectivity index is 1.17. The molecule has 11 atom stereocenters. The van der Waals surface area contributed by atoms with Crippen molar-refractivity contribution in [3.8, 4) is 11.8 Å². The number of unbranched alkanes of at least 4 members (excludes halogenated alkanes) is 2. The zero-order valence-corrected chi connectivity index (χ0v) is 25.4. The van der Waals surface area contributed by atoms with Gasteiger partial charge in [-0.2, -0.15) is 5.26 Å². The molecule has 6 N–H and O–H groups in total. The number of nitrogens with zero attached hydrogens (tertiary/aromatic N) is 1. The van der Waals surface area contributed by atoms with Gasteiger partial charge in [0.1, 0.15) is 54.6 Å². The number of hydrogen-bond donors (Lipinski definition) is 6. The highest BCUT2D eigenvalue weighted by Crippen LogP contribution is 2.36. The summed E-state index contributed by atoms with van der Waals surface area (Å²) in [5.41, 5.74) is 0.832. The maximum absolute atomic E-state index is 13.0. The fourth-order valence-corrected chi connectivity index (χ4v) is 5.69. The highest BCUT2D eigenvalue weighted by molar-refractivity contribution is 6.32. The van der Waals surface area contributed by atoms with E-state index in [-0.39, 0.29) is 17.2 Å². The van der Waals surface area contributed by atoms with Gasteiger partial charge in [-0.25, -0.2) is 0 Å². The van der Waals surface area contributed by atoms with Gasteiger partial charge in [0.05, 0.1) is 30.9 Å². The molecule has 0 radical (unpaired) electrons. The van der Waals surface area contributed by atoms with Crippen molar-refractivity contribution in [1.82, 2.24) is 5.32 Å². The third-order valence-corrected chi connectivity index (χ3v) is 8.26. The number of benzene rings is 2. The molecule has 0 saturated carbocycles. The Hall–Kier alpha value is -2.91. The van der Waals surface area contributed by atoms with Crippen LogP contribution in [0.5, 0.6) is 5.75 Å². The molecule has 0 aromatic heterocycles. The highest BCUT2D eigenvalue weighted by atomic mass is 35.5. The van der Waals surface area contributed by atoms with E-state index in [0.29, 0.717) is 31.6 Å². The van der Waals surface area contributed by atoms with Gasteiger partial charge in [0.25, 0.3) is 5.91 Å².